The van der Waals surface area contributed by atoms with Crippen molar-refractivity contribution in [1.82, 2.24) is 15.2 Å². The van der Waals surface area contributed by atoms with E-state index < -0.39 is 12.1 Å². The lowest BCUT2D eigenvalue weighted by atomic mass is 9.95. The topological polar surface area (TPSA) is 71.5 Å². The van der Waals surface area contributed by atoms with Crippen molar-refractivity contribution < 1.29 is 14.3 Å². The number of thiocarbonyl (C=S) groups is 1. The van der Waals surface area contributed by atoms with Crippen LogP contribution in [0.2, 0.25) is 0 Å². The zero-order valence-electron chi connectivity index (χ0n) is 24.2. The van der Waals surface area contributed by atoms with Crippen LogP contribution < -0.4 is 5.32 Å². The lowest BCUT2D eigenvalue weighted by Crippen LogP contribution is -2.70. The summed E-state index contributed by atoms with van der Waals surface area (Å²) >= 11 is 7.72. The maximum Gasteiger partial charge on any atom is 0.253 e. The fourth-order valence-corrected chi connectivity index (χ4v) is 7.64. The zero-order valence-corrected chi connectivity index (χ0v) is 25.8. The number of carbonyl (C=O) groups excluding carboxylic acids is 2. The number of aromatic nitrogens is 1. The molecule has 8 heteroatoms. The van der Waals surface area contributed by atoms with Gasteiger partial charge in [0.25, 0.3) is 5.91 Å². The number of benzene rings is 4. The van der Waals surface area contributed by atoms with Crippen LogP contribution in [0.25, 0.3) is 16.3 Å². The van der Waals surface area contributed by atoms with Gasteiger partial charge in [-0.3, -0.25) is 19.5 Å². The van der Waals surface area contributed by atoms with Crippen LogP contribution in [0.4, 0.5) is 0 Å². The van der Waals surface area contributed by atoms with E-state index in [1.807, 2.05) is 115 Å². The molecule has 6 nitrogen and oxygen atoms in total. The molecule has 222 valence electrons. The van der Waals surface area contributed by atoms with E-state index in [-0.39, 0.29) is 28.7 Å². The average molecular weight is 628 g/mol. The van der Waals surface area contributed by atoms with Crippen molar-refractivity contribution in [3.8, 4) is 0 Å². The monoisotopic (exact) mass is 627 g/mol. The summed E-state index contributed by atoms with van der Waals surface area (Å²) in [5, 5.41) is 4.93. The van der Waals surface area contributed by atoms with Crippen LogP contribution in [0.1, 0.15) is 28.4 Å². The average Bonchev–Trinajstić information content (AvgIpc) is 3.09. The molecule has 1 aromatic heterocycles. The quantitative estimate of drug-likeness (QED) is 0.152. The normalized spacial score (nSPS) is 17.5. The second-order valence-electron chi connectivity index (χ2n) is 11.0. The zero-order chi connectivity index (χ0) is 30.8. The minimum atomic E-state index is -0.652. The largest absolute Gasteiger partial charge is 0.469 e. The Kier molecular flexibility index (Phi) is 8.15. The maximum atomic E-state index is 13.9. The van der Waals surface area contributed by atoms with Crippen molar-refractivity contribution in [2.24, 2.45) is 0 Å². The maximum absolute atomic E-state index is 13.9. The second kappa shape index (κ2) is 12.7. The minimum Gasteiger partial charge on any atom is -0.469 e. The molecule has 0 aliphatic carbocycles. The molecule has 0 saturated carbocycles. The molecule has 0 bridgehead atoms. The highest BCUT2D eigenvalue weighted by Crippen LogP contribution is 2.45. The van der Waals surface area contributed by atoms with Crippen LogP contribution in [0.5, 0.6) is 0 Å². The number of nitrogens with zero attached hydrogens (tertiary/aromatic N) is 2. The van der Waals surface area contributed by atoms with E-state index in [4.69, 9.17) is 17.0 Å². The lowest BCUT2D eigenvalue weighted by Gasteiger charge is -2.50. The molecule has 2 aliphatic heterocycles. The minimum absolute atomic E-state index is 0.190. The number of nitrogens with one attached hydrogen (secondary N) is 1. The summed E-state index contributed by atoms with van der Waals surface area (Å²) in [6.45, 7) is 0. The second-order valence-corrected chi connectivity index (χ2v) is 12.4. The van der Waals surface area contributed by atoms with Crippen LogP contribution in [0.15, 0.2) is 133 Å². The summed E-state index contributed by atoms with van der Waals surface area (Å²) in [6.07, 6.45) is 3.34. The molecule has 3 heterocycles. The Morgan fingerprint density at radius 3 is 2.27 bits per heavy atom. The first kappa shape index (κ1) is 29.0. The van der Waals surface area contributed by atoms with Gasteiger partial charge in [0.2, 0.25) is 11.0 Å². The number of hydrogen-bond acceptors (Lipinski definition) is 6. The van der Waals surface area contributed by atoms with Gasteiger partial charge in [-0.25, -0.2) is 0 Å². The molecule has 1 saturated heterocycles. The Morgan fingerprint density at radius 2 is 1.58 bits per heavy atom. The number of β-lactam (4-membered cyclic amide) rings is 1. The van der Waals surface area contributed by atoms with Crippen LogP contribution in [0.3, 0.4) is 0 Å². The summed E-state index contributed by atoms with van der Waals surface area (Å²) < 4.78 is 6.69. The first-order valence-electron chi connectivity index (χ1n) is 14.7. The molecule has 0 unspecified atom stereocenters. The smallest absolute Gasteiger partial charge is 0.253 e. The Labute approximate surface area is 271 Å². The van der Waals surface area contributed by atoms with E-state index in [1.54, 1.807) is 22.9 Å². The number of rotatable bonds is 8. The molecular weight excluding hydrogens is 599 g/mol. The molecule has 7 rings (SSSR count). The molecule has 1 fully saturated rings. The van der Waals surface area contributed by atoms with Crippen LogP contribution in [0, 0.1) is 0 Å². The summed E-state index contributed by atoms with van der Waals surface area (Å²) in [6, 6.07) is 36.8. The van der Waals surface area contributed by atoms with Gasteiger partial charge in [0.05, 0.1) is 6.42 Å². The highest BCUT2D eigenvalue weighted by atomic mass is 32.2. The van der Waals surface area contributed by atoms with Crippen molar-refractivity contribution in [3.05, 3.63) is 156 Å². The summed E-state index contributed by atoms with van der Waals surface area (Å²) in [7, 11) is 0. The summed E-state index contributed by atoms with van der Waals surface area (Å²) in [5.74, 6) is 0.191. The van der Waals surface area contributed by atoms with Gasteiger partial charge in [0.15, 0.2) is 0 Å². The highest BCUT2D eigenvalue weighted by molar-refractivity contribution is 8.00. The van der Waals surface area contributed by atoms with Gasteiger partial charge in [-0.1, -0.05) is 109 Å². The Bertz CT molecular complexity index is 1870. The van der Waals surface area contributed by atoms with E-state index >= 15 is 0 Å². The number of carbonyl (C=O) groups is 2. The predicted octanol–water partition coefficient (Wildman–Crippen LogP) is 6.72. The summed E-state index contributed by atoms with van der Waals surface area (Å²) in [4.78, 5) is 32.9. The first-order valence-corrected chi connectivity index (χ1v) is 16.2. The van der Waals surface area contributed by atoms with Gasteiger partial charge in [-0.05, 0) is 51.5 Å². The van der Waals surface area contributed by atoms with E-state index in [2.05, 4.69) is 16.4 Å². The van der Waals surface area contributed by atoms with Crippen molar-refractivity contribution >= 4 is 57.2 Å². The molecule has 0 spiro atoms. The lowest BCUT2D eigenvalue weighted by molar-refractivity contribution is -0.145. The number of thioether (sulfide) groups is 1. The fraction of sp³-hybridized carbons (Fsp3) is 0.135. The van der Waals surface area contributed by atoms with E-state index in [0.717, 1.165) is 38.6 Å². The first-order chi connectivity index (χ1) is 22.1. The van der Waals surface area contributed by atoms with Gasteiger partial charge < -0.3 is 10.1 Å². The van der Waals surface area contributed by atoms with Crippen LogP contribution in [-0.4, -0.2) is 43.9 Å². The van der Waals surface area contributed by atoms with Crippen LogP contribution in [-0.2, 0) is 20.7 Å². The van der Waals surface area contributed by atoms with Crippen molar-refractivity contribution in [2.75, 3.05) is 5.75 Å². The molecule has 4 aromatic carbocycles. The van der Waals surface area contributed by atoms with Gasteiger partial charge in [0.1, 0.15) is 23.2 Å². The van der Waals surface area contributed by atoms with E-state index in [0.29, 0.717) is 11.4 Å². The Morgan fingerprint density at radius 1 is 0.911 bits per heavy atom. The number of amides is 2. The molecule has 2 amide bonds. The molecule has 5 aromatic rings. The molecule has 2 aliphatic rings. The van der Waals surface area contributed by atoms with E-state index in [9.17, 15) is 9.59 Å². The Balaban J connectivity index is 1.26. The number of hydrogen-bond donors (Lipinski definition) is 1. The third-order valence-electron chi connectivity index (χ3n) is 8.12. The third kappa shape index (κ3) is 5.75. The molecule has 2 atom stereocenters. The number of ether oxygens (including phenoxy) is 1. The molecule has 45 heavy (non-hydrogen) atoms. The predicted molar refractivity (Wildman–Crippen MR) is 182 cm³/mol. The number of pyridine rings is 1. The van der Waals surface area contributed by atoms with Crippen molar-refractivity contribution in [2.45, 2.75) is 23.9 Å². The molecule has 1 N–H and O–H groups in total. The SMILES string of the molecule is O=C(Cc1ccccc1)N[C@@H]1C(=O)N2C(C(=S)OC(c3ccccc3)c3ccccc3)=C(c3cccc4cnccc34)CS[C@H]12. The standard InChI is InChI=1S/C37H29N3O3S2/c41-31(21-24-11-4-1-5-12-24)39-32-35(42)40-33(30(23-45-36(32)40)29-18-10-17-27-22-38-20-19-28(27)29)37(44)43-34(25-13-6-2-7-14-25)26-15-8-3-9-16-26/h1-20,22,32,34,36H,21,23H2,(H,39,41)/t32-,36-/m1/s1. The van der Waals surface area contributed by atoms with Gasteiger partial charge in [0, 0.05) is 23.5 Å². The molecular formula is C37H29N3O3S2. The molecule has 0 radical (unpaired) electrons. The van der Waals surface area contributed by atoms with Gasteiger partial charge in [-0.2, -0.15) is 0 Å². The number of fused-ring (bicyclic) bond motifs is 2. The summed E-state index contributed by atoms with van der Waals surface area (Å²) in [5.41, 5.74) is 5.26. The Hall–Kier alpha value is -4.79. The third-order valence-corrected chi connectivity index (χ3v) is 9.69. The van der Waals surface area contributed by atoms with E-state index in [1.165, 1.54) is 0 Å². The van der Waals surface area contributed by atoms with Crippen LogP contribution >= 0.6 is 24.0 Å². The van der Waals surface area contributed by atoms with Gasteiger partial charge in [-0.15, -0.1) is 11.8 Å². The van der Waals surface area contributed by atoms with Crippen molar-refractivity contribution in [1.29, 1.82) is 0 Å². The van der Waals surface area contributed by atoms with Gasteiger partial charge >= 0.3 is 0 Å². The fourth-order valence-electron chi connectivity index (χ4n) is 5.95. The van der Waals surface area contributed by atoms with Crippen molar-refractivity contribution in [3.63, 3.8) is 0 Å². The highest BCUT2D eigenvalue weighted by Gasteiger charge is 2.54.